The third-order valence-corrected chi connectivity index (χ3v) is 13.0. The number of thiophene rings is 1. The summed E-state index contributed by atoms with van der Waals surface area (Å²) < 4.78 is 2.59. The first-order chi connectivity index (χ1) is 28.3. The van der Waals surface area contributed by atoms with Crippen molar-refractivity contribution in [2.24, 2.45) is 0 Å². The molecule has 1 aliphatic carbocycles. The minimum atomic E-state index is -0.454. The summed E-state index contributed by atoms with van der Waals surface area (Å²) in [5.74, 6) is 0. The zero-order valence-corrected chi connectivity index (χ0v) is 32.0. The van der Waals surface area contributed by atoms with Gasteiger partial charge in [0.1, 0.15) is 0 Å². The van der Waals surface area contributed by atoms with Crippen LogP contribution < -0.4 is 4.90 Å². The molecule has 0 aliphatic heterocycles. The summed E-state index contributed by atoms with van der Waals surface area (Å²) in [5, 5.41) is 2.57. The molecule has 0 atom stereocenters. The summed E-state index contributed by atoms with van der Waals surface area (Å²) in [5.41, 5.74) is 15.7. The molecule has 1 aromatic heterocycles. The van der Waals surface area contributed by atoms with Gasteiger partial charge in [-0.1, -0.05) is 188 Å². The molecular weight excluding hydrogens is 707 g/mol. The van der Waals surface area contributed by atoms with Crippen LogP contribution in [0.25, 0.3) is 53.6 Å². The Labute approximate surface area is 337 Å². The molecule has 0 amide bonds. The standard InChI is InChI=1S/C55H37NS/c1-4-15-38(16-5-1)40-27-31-43(32-28-40)56(44-33-29-41(30-34-44)39-17-6-2-7-18-39)45-35-36-48-49-23-14-26-52(54(49)57-53(48)37-45)55(42-19-8-3-9-20-42)50-24-12-10-21-46(50)47-22-11-13-25-51(47)55/h1-37H. The predicted molar refractivity (Wildman–Crippen MR) is 242 cm³/mol. The summed E-state index contributed by atoms with van der Waals surface area (Å²) in [6.07, 6.45) is 0. The molecule has 0 saturated carbocycles. The normalized spacial score (nSPS) is 12.7. The van der Waals surface area contributed by atoms with Crippen LogP contribution in [0, 0.1) is 0 Å². The lowest BCUT2D eigenvalue weighted by Crippen LogP contribution is -2.28. The molecule has 9 aromatic carbocycles. The number of rotatable bonds is 7. The Morgan fingerprint density at radius 1 is 0.333 bits per heavy atom. The molecule has 0 saturated heterocycles. The van der Waals surface area contributed by atoms with Gasteiger partial charge in [-0.2, -0.15) is 0 Å². The number of hydrogen-bond acceptors (Lipinski definition) is 2. The highest BCUT2D eigenvalue weighted by atomic mass is 32.1. The Morgan fingerprint density at radius 2 is 0.789 bits per heavy atom. The Morgan fingerprint density at radius 3 is 1.35 bits per heavy atom. The fraction of sp³-hybridized carbons (Fsp3) is 0.0182. The molecule has 1 heterocycles. The average Bonchev–Trinajstić information content (AvgIpc) is 3.82. The Balaban J connectivity index is 1.10. The molecule has 2 heteroatoms. The number of fused-ring (bicyclic) bond motifs is 6. The first-order valence-electron chi connectivity index (χ1n) is 19.6. The summed E-state index contributed by atoms with van der Waals surface area (Å²) >= 11 is 1.91. The third kappa shape index (κ3) is 5.37. The highest BCUT2D eigenvalue weighted by molar-refractivity contribution is 7.26. The zero-order chi connectivity index (χ0) is 37.8. The van der Waals surface area contributed by atoms with Gasteiger partial charge in [0.25, 0.3) is 0 Å². The highest BCUT2D eigenvalue weighted by Gasteiger charge is 2.47. The molecular formula is C55H37NS. The van der Waals surface area contributed by atoms with Crippen molar-refractivity contribution in [3.63, 3.8) is 0 Å². The largest absolute Gasteiger partial charge is 0.310 e. The second-order valence-corrected chi connectivity index (χ2v) is 15.9. The van der Waals surface area contributed by atoms with Gasteiger partial charge in [0.15, 0.2) is 0 Å². The lowest BCUT2D eigenvalue weighted by molar-refractivity contribution is 0.778. The fourth-order valence-electron chi connectivity index (χ4n) is 9.22. The number of benzene rings is 9. The van der Waals surface area contributed by atoms with Crippen molar-refractivity contribution >= 4 is 48.6 Å². The van der Waals surface area contributed by atoms with Gasteiger partial charge in [0.05, 0.1) is 5.41 Å². The van der Waals surface area contributed by atoms with Gasteiger partial charge in [0.2, 0.25) is 0 Å². The predicted octanol–water partition coefficient (Wildman–Crippen LogP) is 15.2. The van der Waals surface area contributed by atoms with Crippen LogP contribution in [-0.4, -0.2) is 0 Å². The minimum Gasteiger partial charge on any atom is -0.310 e. The lowest BCUT2D eigenvalue weighted by Gasteiger charge is -2.34. The van der Waals surface area contributed by atoms with E-state index in [1.807, 2.05) is 11.3 Å². The van der Waals surface area contributed by atoms with Crippen LogP contribution in [0.2, 0.25) is 0 Å². The second-order valence-electron chi connectivity index (χ2n) is 14.8. The van der Waals surface area contributed by atoms with Gasteiger partial charge >= 0.3 is 0 Å². The van der Waals surface area contributed by atoms with Crippen molar-refractivity contribution in [1.82, 2.24) is 0 Å². The second kappa shape index (κ2) is 13.6. The molecule has 0 N–H and O–H groups in total. The summed E-state index contributed by atoms with van der Waals surface area (Å²) in [6, 6.07) is 82.3. The maximum Gasteiger partial charge on any atom is 0.0727 e. The summed E-state index contributed by atoms with van der Waals surface area (Å²) in [6.45, 7) is 0. The van der Waals surface area contributed by atoms with E-state index in [0.29, 0.717) is 0 Å². The van der Waals surface area contributed by atoms with E-state index in [1.165, 1.54) is 75.8 Å². The molecule has 268 valence electrons. The van der Waals surface area contributed by atoms with Crippen LogP contribution in [-0.2, 0) is 5.41 Å². The molecule has 1 aliphatic rings. The fourth-order valence-corrected chi connectivity index (χ4v) is 10.5. The monoisotopic (exact) mass is 743 g/mol. The molecule has 57 heavy (non-hydrogen) atoms. The summed E-state index contributed by atoms with van der Waals surface area (Å²) in [4.78, 5) is 2.39. The molecule has 0 bridgehead atoms. The maximum absolute atomic E-state index is 2.39. The van der Waals surface area contributed by atoms with Gasteiger partial charge in [-0.15, -0.1) is 11.3 Å². The van der Waals surface area contributed by atoms with E-state index >= 15 is 0 Å². The number of anilines is 3. The minimum absolute atomic E-state index is 0.454. The van der Waals surface area contributed by atoms with Gasteiger partial charge in [-0.3, -0.25) is 0 Å². The molecule has 0 unspecified atom stereocenters. The van der Waals surface area contributed by atoms with E-state index < -0.39 is 5.41 Å². The smallest absolute Gasteiger partial charge is 0.0727 e. The van der Waals surface area contributed by atoms with Gasteiger partial charge < -0.3 is 4.90 Å². The van der Waals surface area contributed by atoms with Crippen LogP contribution in [0.5, 0.6) is 0 Å². The van der Waals surface area contributed by atoms with Crippen LogP contribution in [0.1, 0.15) is 22.3 Å². The molecule has 0 radical (unpaired) electrons. The molecule has 0 spiro atoms. The quantitative estimate of drug-likeness (QED) is 0.157. The number of nitrogens with zero attached hydrogens (tertiary/aromatic N) is 1. The maximum atomic E-state index is 2.39. The van der Waals surface area contributed by atoms with E-state index in [4.69, 9.17) is 0 Å². The third-order valence-electron chi connectivity index (χ3n) is 11.8. The van der Waals surface area contributed by atoms with E-state index in [-0.39, 0.29) is 0 Å². The average molecular weight is 744 g/mol. The van der Waals surface area contributed by atoms with Gasteiger partial charge in [0, 0.05) is 37.2 Å². The van der Waals surface area contributed by atoms with E-state index in [2.05, 4.69) is 229 Å². The molecule has 1 nitrogen and oxygen atoms in total. The van der Waals surface area contributed by atoms with Gasteiger partial charge in [-0.05, 0) is 92.0 Å². The SMILES string of the molecule is c1ccc(-c2ccc(N(c3ccc(-c4ccccc4)cc3)c3ccc4c(c3)sc3c(C5(c6ccccc6)c6ccccc6-c6ccccc65)cccc34)cc2)cc1. The summed E-state index contributed by atoms with van der Waals surface area (Å²) in [7, 11) is 0. The van der Waals surface area contributed by atoms with Gasteiger partial charge in [-0.25, -0.2) is 0 Å². The van der Waals surface area contributed by atoms with E-state index in [1.54, 1.807) is 0 Å². The first kappa shape index (κ1) is 33.3. The Kier molecular flexibility index (Phi) is 7.98. The van der Waals surface area contributed by atoms with Crippen LogP contribution in [0.4, 0.5) is 17.1 Å². The molecule has 0 fully saturated rings. The lowest BCUT2D eigenvalue weighted by atomic mass is 9.67. The van der Waals surface area contributed by atoms with Crippen molar-refractivity contribution in [1.29, 1.82) is 0 Å². The number of hydrogen-bond donors (Lipinski definition) is 0. The Hall–Kier alpha value is -7.00. The Bertz CT molecular complexity index is 2910. The van der Waals surface area contributed by atoms with Crippen molar-refractivity contribution in [3.8, 4) is 33.4 Å². The first-order valence-corrected chi connectivity index (χ1v) is 20.4. The van der Waals surface area contributed by atoms with Crippen molar-refractivity contribution in [3.05, 3.63) is 247 Å². The van der Waals surface area contributed by atoms with Crippen LogP contribution in [0.3, 0.4) is 0 Å². The molecule has 11 rings (SSSR count). The highest BCUT2D eigenvalue weighted by Crippen LogP contribution is 2.58. The van der Waals surface area contributed by atoms with E-state index in [0.717, 1.165) is 17.1 Å². The van der Waals surface area contributed by atoms with Crippen molar-refractivity contribution in [2.45, 2.75) is 5.41 Å². The van der Waals surface area contributed by atoms with Crippen molar-refractivity contribution < 1.29 is 0 Å². The van der Waals surface area contributed by atoms with Crippen molar-refractivity contribution in [2.75, 3.05) is 4.90 Å². The van der Waals surface area contributed by atoms with Crippen LogP contribution in [0.15, 0.2) is 224 Å². The van der Waals surface area contributed by atoms with E-state index in [9.17, 15) is 0 Å². The topological polar surface area (TPSA) is 3.24 Å². The zero-order valence-electron chi connectivity index (χ0n) is 31.2. The molecule has 10 aromatic rings. The van der Waals surface area contributed by atoms with Crippen LogP contribution >= 0.6 is 11.3 Å².